The molecule has 1 aromatic rings. The molecule has 6 heteroatoms. The Labute approximate surface area is 123 Å². The zero-order chi connectivity index (χ0) is 15.7. The van der Waals surface area contributed by atoms with E-state index in [9.17, 15) is 14.7 Å². The summed E-state index contributed by atoms with van der Waals surface area (Å²) in [5.74, 6) is -0.165. The van der Waals surface area contributed by atoms with Crippen LogP contribution in [0.2, 0.25) is 0 Å². The predicted molar refractivity (Wildman–Crippen MR) is 81.2 cm³/mol. The fourth-order valence-corrected chi connectivity index (χ4v) is 3.00. The topological polar surface area (TPSA) is 62.5 Å². The van der Waals surface area contributed by atoms with Crippen LogP contribution in [0.1, 0.15) is 31.3 Å². The van der Waals surface area contributed by atoms with Crippen molar-refractivity contribution in [2.75, 3.05) is 13.7 Å². The van der Waals surface area contributed by atoms with Crippen LogP contribution < -0.4 is 4.87 Å². The average molecular weight is 300 g/mol. The number of aliphatic hydroxyl groups excluding tert-OH is 1. The molecule has 1 atom stereocenters. The predicted octanol–water partition coefficient (Wildman–Crippen LogP) is 1.39. The second-order valence-electron chi connectivity index (χ2n) is 6.16. The summed E-state index contributed by atoms with van der Waals surface area (Å²) in [6.07, 6.45) is 0. The Bertz CT molecular complexity index is 540. The summed E-state index contributed by atoms with van der Waals surface area (Å²) in [4.78, 5) is 26.5. The van der Waals surface area contributed by atoms with E-state index in [1.807, 2.05) is 34.6 Å². The molecule has 0 aliphatic heterocycles. The lowest BCUT2D eigenvalue weighted by atomic mass is 9.86. The molecule has 0 aromatic carbocycles. The van der Waals surface area contributed by atoms with Gasteiger partial charge in [0.05, 0.1) is 12.6 Å². The first kappa shape index (κ1) is 16.9. The third-order valence-electron chi connectivity index (χ3n) is 3.70. The summed E-state index contributed by atoms with van der Waals surface area (Å²) in [5, 5.41) is 9.50. The second-order valence-corrected chi connectivity index (χ2v) is 7.33. The maximum atomic E-state index is 12.3. The number of aryl methyl sites for hydroxylation is 1. The van der Waals surface area contributed by atoms with Crippen LogP contribution in [0.5, 0.6) is 0 Å². The molecule has 1 rings (SSSR count). The number of thiazole rings is 1. The largest absolute Gasteiger partial charge is 0.394 e. The molecule has 0 aliphatic carbocycles. The molecule has 1 amide bonds. The molecule has 114 valence electrons. The van der Waals surface area contributed by atoms with E-state index >= 15 is 0 Å². The second kappa shape index (κ2) is 6.10. The van der Waals surface area contributed by atoms with E-state index in [1.54, 1.807) is 11.9 Å². The van der Waals surface area contributed by atoms with Gasteiger partial charge < -0.3 is 10.0 Å². The molecule has 0 unspecified atom stereocenters. The molecular formula is C14H24N2O3S. The van der Waals surface area contributed by atoms with E-state index in [-0.39, 0.29) is 35.4 Å². The van der Waals surface area contributed by atoms with Crippen molar-refractivity contribution in [3.05, 3.63) is 20.2 Å². The Morgan fingerprint density at radius 3 is 2.30 bits per heavy atom. The van der Waals surface area contributed by atoms with Gasteiger partial charge in [0.2, 0.25) is 5.91 Å². The summed E-state index contributed by atoms with van der Waals surface area (Å²) in [6.45, 7) is 9.57. The number of nitrogens with zero attached hydrogens (tertiary/aromatic N) is 2. The van der Waals surface area contributed by atoms with E-state index in [1.165, 1.54) is 4.57 Å². The molecule has 0 radical (unpaired) electrons. The Balaban J connectivity index is 2.93. The number of carbonyl (C=O) groups is 1. The van der Waals surface area contributed by atoms with Gasteiger partial charge in [-0.1, -0.05) is 32.1 Å². The molecule has 0 bridgehead atoms. The van der Waals surface area contributed by atoms with Crippen LogP contribution in [0.15, 0.2) is 4.79 Å². The Hall–Kier alpha value is -1.14. The summed E-state index contributed by atoms with van der Waals surface area (Å²) in [7, 11) is 1.67. The quantitative estimate of drug-likeness (QED) is 0.914. The van der Waals surface area contributed by atoms with Gasteiger partial charge in [-0.25, -0.2) is 0 Å². The molecule has 0 saturated heterocycles. The van der Waals surface area contributed by atoms with Crippen molar-refractivity contribution in [1.29, 1.82) is 0 Å². The van der Waals surface area contributed by atoms with Crippen molar-refractivity contribution >= 4 is 17.2 Å². The highest BCUT2D eigenvalue weighted by atomic mass is 32.1. The third-order valence-corrected chi connectivity index (χ3v) is 4.70. The van der Waals surface area contributed by atoms with E-state index in [4.69, 9.17) is 0 Å². The van der Waals surface area contributed by atoms with E-state index in [0.717, 1.165) is 21.9 Å². The minimum absolute atomic E-state index is 0.0259. The van der Waals surface area contributed by atoms with Crippen molar-refractivity contribution in [1.82, 2.24) is 9.47 Å². The molecule has 1 aromatic heterocycles. The zero-order valence-electron chi connectivity index (χ0n) is 13.1. The van der Waals surface area contributed by atoms with Gasteiger partial charge in [-0.15, -0.1) is 0 Å². The minimum Gasteiger partial charge on any atom is -0.394 e. The molecule has 20 heavy (non-hydrogen) atoms. The first-order chi connectivity index (χ1) is 9.09. The fourth-order valence-electron chi connectivity index (χ4n) is 2.17. The number of hydrogen-bond acceptors (Lipinski definition) is 4. The van der Waals surface area contributed by atoms with Crippen LogP contribution in [0.3, 0.4) is 0 Å². The first-order valence-corrected chi connectivity index (χ1v) is 7.44. The highest BCUT2D eigenvalue weighted by Crippen LogP contribution is 2.23. The van der Waals surface area contributed by atoms with Crippen molar-refractivity contribution in [3.63, 3.8) is 0 Å². The number of rotatable bonds is 4. The Kier molecular flexibility index (Phi) is 5.15. The molecule has 1 heterocycles. The van der Waals surface area contributed by atoms with Gasteiger partial charge in [0.15, 0.2) is 0 Å². The maximum absolute atomic E-state index is 12.3. The van der Waals surface area contributed by atoms with Crippen LogP contribution in [0.25, 0.3) is 0 Å². The molecule has 0 spiro atoms. The van der Waals surface area contributed by atoms with E-state index < -0.39 is 0 Å². The summed E-state index contributed by atoms with van der Waals surface area (Å²) < 4.78 is 1.50. The summed E-state index contributed by atoms with van der Waals surface area (Å²) >= 11 is 1.16. The van der Waals surface area contributed by atoms with Crippen LogP contribution in [0, 0.1) is 19.3 Å². The first-order valence-electron chi connectivity index (χ1n) is 6.63. The summed E-state index contributed by atoms with van der Waals surface area (Å²) in [5.41, 5.74) is 0.613. The zero-order valence-corrected chi connectivity index (χ0v) is 13.9. The van der Waals surface area contributed by atoms with Crippen molar-refractivity contribution in [2.24, 2.45) is 5.41 Å². The minimum atomic E-state index is -0.272. The standard InChI is InChI=1S/C14H24N2O3S/c1-9-10(2)20-13(19)16(9)7-12(18)15(6)11(8-17)14(3,4)5/h11,17H,7-8H2,1-6H3/t11-/m1/s1. The summed E-state index contributed by atoms with van der Waals surface area (Å²) in [6, 6.07) is -0.272. The monoisotopic (exact) mass is 300 g/mol. The van der Waals surface area contributed by atoms with E-state index in [0.29, 0.717) is 0 Å². The lowest BCUT2D eigenvalue weighted by Gasteiger charge is -2.36. The van der Waals surface area contributed by atoms with Gasteiger partial charge in [0.1, 0.15) is 6.54 Å². The Morgan fingerprint density at radius 2 is 1.95 bits per heavy atom. The normalized spacial score (nSPS) is 13.3. The molecular weight excluding hydrogens is 276 g/mol. The van der Waals surface area contributed by atoms with Crippen LogP contribution in [-0.4, -0.2) is 40.2 Å². The average Bonchev–Trinajstić information content (AvgIpc) is 2.54. The fraction of sp³-hybridized carbons (Fsp3) is 0.714. The molecule has 1 N–H and O–H groups in total. The van der Waals surface area contributed by atoms with Crippen LogP contribution in [0.4, 0.5) is 0 Å². The number of amides is 1. The van der Waals surface area contributed by atoms with Crippen molar-refractivity contribution in [3.8, 4) is 0 Å². The third kappa shape index (κ3) is 3.49. The smallest absolute Gasteiger partial charge is 0.308 e. The van der Waals surface area contributed by atoms with Crippen molar-refractivity contribution < 1.29 is 9.90 Å². The number of hydrogen-bond donors (Lipinski definition) is 1. The molecule has 0 aliphatic rings. The highest BCUT2D eigenvalue weighted by Gasteiger charge is 2.30. The van der Waals surface area contributed by atoms with Gasteiger partial charge in [-0.05, 0) is 19.3 Å². The molecule has 0 fully saturated rings. The van der Waals surface area contributed by atoms with Gasteiger partial charge >= 0.3 is 4.87 Å². The van der Waals surface area contributed by atoms with Gasteiger partial charge in [-0.2, -0.15) is 0 Å². The van der Waals surface area contributed by atoms with Crippen molar-refractivity contribution in [2.45, 2.75) is 47.2 Å². The number of aromatic nitrogens is 1. The van der Waals surface area contributed by atoms with Crippen LogP contribution in [-0.2, 0) is 11.3 Å². The highest BCUT2D eigenvalue weighted by molar-refractivity contribution is 7.09. The number of likely N-dealkylation sites (N-methyl/N-ethyl adjacent to an activating group) is 1. The molecule has 0 saturated carbocycles. The maximum Gasteiger partial charge on any atom is 0.308 e. The van der Waals surface area contributed by atoms with E-state index in [2.05, 4.69) is 0 Å². The van der Waals surface area contributed by atoms with Crippen LogP contribution >= 0.6 is 11.3 Å². The lowest BCUT2D eigenvalue weighted by molar-refractivity contribution is -0.136. The number of aliphatic hydroxyl groups is 1. The molecule has 5 nitrogen and oxygen atoms in total. The lowest BCUT2D eigenvalue weighted by Crippen LogP contribution is -2.48. The number of carbonyl (C=O) groups excluding carboxylic acids is 1. The van der Waals surface area contributed by atoms with Gasteiger partial charge in [-0.3, -0.25) is 14.2 Å². The Morgan fingerprint density at radius 1 is 1.40 bits per heavy atom. The van der Waals surface area contributed by atoms with Gasteiger partial charge in [0.25, 0.3) is 0 Å². The SMILES string of the molecule is Cc1sc(=O)n(CC(=O)N(C)[C@H](CO)C(C)(C)C)c1C. The van der Waals surface area contributed by atoms with Gasteiger partial charge in [0, 0.05) is 17.6 Å².